The number of rotatable bonds is 4. The van der Waals surface area contributed by atoms with Crippen LogP contribution in [0.25, 0.3) is 21.7 Å². The van der Waals surface area contributed by atoms with Crippen LogP contribution in [0.5, 0.6) is 5.75 Å². The molecule has 4 rings (SSSR count). The third-order valence-electron chi connectivity index (χ3n) is 4.40. The minimum atomic E-state index is -0.323. The molecule has 3 nitrogen and oxygen atoms in total. The number of fused-ring (bicyclic) bond motifs is 2. The summed E-state index contributed by atoms with van der Waals surface area (Å²) in [5, 5.41) is 3.37. The third-order valence-corrected chi connectivity index (χ3v) is 4.40. The summed E-state index contributed by atoms with van der Waals surface area (Å²) in [4.78, 5) is 11.7. The molecule has 0 N–H and O–H groups in total. The molecule has 0 aliphatic heterocycles. The maximum atomic E-state index is 11.7. The topological polar surface area (TPSA) is 39.4 Å². The number of hydrogen-bond donors (Lipinski definition) is 0. The summed E-state index contributed by atoms with van der Waals surface area (Å²) in [6, 6.07) is 21.8. The van der Waals surface area contributed by atoms with Gasteiger partial charge in [-0.15, -0.1) is 0 Å². The smallest absolute Gasteiger partial charge is 0.336 e. The van der Waals surface area contributed by atoms with Crippen LogP contribution < -0.4 is 10.4 Å². The van der Waals surface area contributed by atoms with Crippen molar-refractivity contribution in [2.45, 2.75) is 20.0 Å². The molecule has 0 atom stereocenters. The zero-order valence-electron chi connectivity index (χ0n) is 14.0. The Morgan fingerprint density at radius 3 is 2.60 bits per heavy atom. The van der Waals surface area contributed by atoms with Crippen molar-refractivity contribution < 1.29 is 9.15 Å². The Kier molecular flexibility index (Phi) is 3.98. The predicted octanol–water partition coefficient (Wildman–Crippen LogP) is 5.09. The van der Waals surface area contributed by atoms with Crippen LogP contribution in [-0.2, 0) is 13.0 Å². The first-order valence-corrected chi connectivity index (χ1v) is 8.40. The van der Waals surface area contributed by atoms with Crippen LogP contribution in [0.15, 0.2) is 75.9 Å². The van der Waals surface area contributed by atoms with Crippen molar-refractivity contribution >= 4 is 21.7 Å². The molecule has 0 fully saturated rings. The van der Waals surface area contributed by atoms with E-state index in [2.05, 4.69) is 30.3 Å². The SMILES string of the molecule is CCc1cc(=O)oc2cc(OCc3ccc4ccccc4c3)ccc12. The zero-order valence-corrected chi connectivity index (χ0v) is 14.0. The van der Waals surface area contributed by atoms with E-state index in [-0.39, 0.29) is 5.63 Å². The molecule has 0 spiro atoms. The first-order valence-electron chi connectivity index (χ1n) is 8.40. The Bertz CT molecular complexity index is 1110. The van der Waals surface area contributed by atoms with E-state index in [4.69, 9.17) is 9.15 Å². The first-order chi connectivity index (χ1) is 12.2. The van der Waals surface area contributed by atoms with Crippen LogP contribution in [0.1, 0.15) is 18.1 Å². The summed E-state index contributed by atoms with van der Waals surface area (Å²) in [5.74, 6) is 0.692. The van der Waals surface area contributed by atoms with E-state index in [1.807, 2.05) is 31.2 Å². The fraction of sp³-hybridized carbons (Fsp3) is 0.136. The maximum absolute atomic E-state index is 11.7. The van der Waals surface area contributed by atoms with Crippen molar-refractivity contribution in [3.05, 3.63) is 88.3 Å². The van der Waals surface area contributed by atoms with E-state index in [0.717, 1.165) is 22.9 Å². The van der Waals surface area contributed by atoms with Gasteiger partial charge in [0, 0.05) is 17.5 Å². The van der Waals surface area contributed by atoms with Gasteiger partial charge >= 0.3 is 5.63 Å². The average molecular weight is 330 g/mol. The molecule has 3 heteroatoms. The fourth-order valence-electron chi connectivity index (χ4n) is 3.09. The van der Waals surface area contributed by atoms with E-state index in [1.165, 1.54) is 10.8 Å². The van der Waals surface area contributed by atoms with Gasteiger partial charge in [0.05, 0.1) is 0 Å². The molecule has 0 unspecified atom stereocenters. The van der Waals surface area contributed by atoms with E-state index in [1.54, 1.807) is 12.1 Å². The lowest BCUT2D eigenvalue weighted by Crippen LogP contribution is -2.00. The van der Waals surface area contributed by atoms with Crippen molar-refractivity contribution in [2.75, 3.05) is 0 Å². The number of aryl methyl sites for hydroxylation is 1. The van der Waals surface area contributed by atoms with E-state index in [0.29, 0.717) is 17.9 Å². The Hall–Kier alpha value is -3.07. The number of ether oxygens (including phenoxy) is 1. The van der Waals surface area contributed by atoms with E-state index < -0.39 is 0 Å². The van der Waals surface area contributed by atoms with Crippen LogP contribution in [0.4, 0.5) is 0 Å². The maximum Gasteiger partial charge on any atom is 0.336 e. The van der Waals surface area contributed by atoms with Crippen molar-refractivity contribution in [2.24, 2.45) is 0 Å². The summed E-state index contributed by atoms with van der Waals surface area (Å²) in [5.41, 5.74) is 2.34. The Morgan fingerprint density at radius 2 is 1.76 bits per heavy atom. The number of hydrogen-bond acceptors (Lipinski definition) is 3. The van der Waals surface area contributed by atoms with Crippen LogP contribution in [0, 0.1) is 0 Å². The highest BCUT2D eigenvalue weighted by atomic mass is 16.5. The molecular weight excluding hydrogens is 312 g/mol. The summed E-state index contributed by atoms with van der Waals surface area (Å²) in [6.45, 7) is 2.49. The average Bonchev–Trinajstić information content (AvgIpc) is 2.65. The van der Waals surface area contributed by atoms with Crippen LogP contribution >= 0.6 is 0 Å². The highest BCUT2D eigenvalue weighted by molar-refractivity contribution is 5.83. The monoisotopic (exact) mass is 330 g/mol. The largest absolute Gasteiger partial charge is 0.489 e. The fourth-order valence-corrected chi connectivity index (χ4v) is 3.09. The Balaban J connectivity index is 1.60. The first kappa shape index (κ1) is 15.5. The van der Waals surface area contributed by atoms with Crippen molar-refractivity contribution in [3.8, 4) is 5.75 Å². The molecular formula is C22H18O3. The van der Waals surface area contributed by atoms with Gasteiger partial charge in [-0.3, -0.25) is 0 Å². The molecule has 124 valence electrons. The second-order valence-electron chi connectivity index (χ2n) is 6.07. The normalized spacial score (nSPS) is 11.1. The lowest BCUT2D eigenvalue weighted by molar-refractivity contribution is 0.306. The molecule has 0 bridgehead atoms. The highest BCUT2D eigenvalue weighted by Crippen LogP contribution is 2.24. The lowest BCUT2D eigenvalue weighted by atomic mass is 10.1. The van der Waals surface area contributed by atoms with E-state index in [9.17, 15) is 4.79 Å². The van der Waals surface area contributed by atoms with Crippen molar-refractivity contribution in [1.82, 2.24) is 0 Å². The molecule has 4 aromatic rings. The number of benzene rings is 3. The molecule has 0 saturated carbocycles. The summed E-state index contributed by atoms with van der Waals surface area (Å²) >= 11 is 0. The minimum Gasteiger partial charge on any atom is -0.489 e. The van der Waals surface area contributed by atoms with Gasteiger partial charge in [-0.1, -0.05) is 43.3 Å². The third kappa shape index (κ3) is 3.13. The molecule has 1 heterocycles. The molecule has 0 aliphatic carbocycles. The lowest BCUT2D eigenvalue weighted by Gasteiger charge is -2.09. The van der Waals surface area contributed by atoms with E-state index >= 15 is 0 Å². The second-order valence-corrected chi connectivity index (χ2v) is 6.07. The Morgan fingerprint density at radius 1 is 0.920 bits per heavy atom. The minimum absolute atomic E-state index is 0.323. The molecule has 3 aromatic carbocycles. The van der Waals surface area contributed by atoms with Crippen LogP contribution in [0.3, 0.4) is 0 Å². The highest BCUT2D eigenvalue weighted by Gasteiger charge is 2.06. The standard InChI is InChI=1S/C22H18O3/c1-2-16-12-22(23)25-21-13-19(9-10-20(16)21)24-14-15-7-8-17-5-3-4-6-18(17)11-15/h3-13H,2,14H2,1H3. The summed E-state index contributed by atoms with van der Waals surface area (Å²) in [6.07, 6.45) is 0.791. The van der Waals surface area contributed by atoms with Gasteiger partial charge in [-0.05, 0) is 46.5 Å². The van der Waals surface area contributed by atoms with Gasteiger partial charge in [0.25, 0.3) is 0 Å². The van der Waals surface area contributed by atoms with Crippen molar-refractivity contribution in [1.29, 1.82) is 0 Å². The van der Waals surface area contributed by atoms with Gasteiger partial charge < -0.3 is 9.15 Å². The van der Waals surface area contributed by atoms with Crippen LogP contribution in [0.2, 0.25) is 0 Å². The van der Waals surface area contributed by atoms with Gasteiger partial charge in [-0.2, -0.15) is 0 Å². The van der Waals surface area contributed by atoms with Crippen LogP contribution in [-0.4, -0.2) is 0 Å². The molecule has 0 radical (unpaired) electrons. The zero-order chi connectivity index (χ0) is 17.2. The van der Waals surface area contributed by atoms with Gasteiger partial charge in [0.1, 0.15) is 17.9 Å². The van der Waals surface area contributed by atoms with Gasteiger partial charge in [0.15, 0.2) is 0 Å². The Labute approximate surface area is 145 Å². The summed E-state index contributed by atoms with van der Waals surface area (Å²) in [7, 11) is 0. The molecule has 0 amide bonds. The van der Waals surface area contributed by atoms with Crippen molar-refractivity contribution in [3.63, 3.8) is 0 Å². The molecule has 25 heavy (non-hydrogen) atoms. The molecule has 0 aliphatic rings. The molecule has 1 aromatic heterocycles. The summed E-state index contributed by atoms with van der Waals surface area (Å²) < 4.78 is 11.2. The van der Waals surface area contributed by atoms with Gasteiger partial charge in [-0.25, -0.2) is 4.79 Å². The second kappa shape index (κ2) is 6.44. The van der Waals surface area contributed by atoms with Gasteiger partial charge in [0.2, 0.25) is 0 Å². The quantitative estimate of drug-likeness (QED) is 0.489. The predicted molar refractivity (Wildman–Crippen MR) is 100 cm³/mol. The molecule has 0 saturated heterocycles.